The van der Waals surface area contributed by atoms with Gasteiger partial charge in [-0.25, -0.2) is 4.68 Å². The summed E-state index contributed by atoms with van der Waals surface area (Å²) in [6.45, 7) is 0. The largest absolute Gasteiger partial charge is 0.507 e. The van der Waals surface area contributed by atoms with Crippen LogP contribution in [0.1, 0.15) is 26.4 Å². The summed E-state index contributed by atoms with van der Waals surface area (Å²) in [6.07, 6.45) is -4.23. The van der Waals surface area contributed by atoms with E-state index in [9.17, 15) is 27.9 Å². The third kappa shape index (κ3) is 4.50. The molecule has 0 fully saturated rings. The maximum absolute atomic E-state index is 13.6. The molecule has 0 unspecified atom stereocenters. The van der Waals surface area contributed by atoms with E-state index in [4.69, 9.17) is 23.2 Å². The molecule has 12 heteroatoms. The van der Waals surface area contributed by atoms with E-state index in [1.165, 1.54) is 30.3 Å². The summed E-state index contributed by atoms with van der Waals surface area (Å²) in [5.74, 6) is -2.69. The molecule has 0 saturated carbocycles. The molecule has 0 bridgehead atoms. The fourth-order valence-electron chi connectivity index (χ4n) is 2.53. The van der Waals surface area contributed by atoms with Crippen molar-refractivity contribution in [2.24, 2.45) is 0 Å². The number of rotatable bonds is 3. The molecule has 3 N–H and O–H groups in total. The number of aromatic nitrogens is 2. The number of phenols is 1. The number of benzene rings is 2. The molecule has 3 aromatic rings. The molecule has 30 heavy (non-hydrogen) atoms. The summed E-state index contributed by atoms with van der Waals surface area (Å²) in [5, 5.41) is 13.6. The van der Waals surface area contributed by atoms with Crippen molar-refractivity contribution in [3.63, 3.8) is 0 Å². The molecule has 7 nitrogen and oxygen atoms in total. The first-order valence-electron chi connectivity index (χ1n) is 8.08. The van der Waals surface area contributed by atoms with E-state index < -0.39 is 35.0 Å². The smallest absolute Gasteiger partial charge is 0.434 e. The van der Waals surface area contributed by atoms with Crippen molar-refractivity contribution in [1.29, 1.82) is 0 Å². The first-order chi connectivity index (χ1) is 14.1. The minimum atomic E-state index is -4.94. The van der Waals surface area contributed by atoms with E-state index >= 15 is 0 Å². The topological polar surface area (TPSA) is 96.3 Å². The van der Waals surface area contributed by atoms with Gasteiger partial charge in [0.05, 0.1) is 23.0 Å². The number of alkyl halides is 3. The quantitative estimate of drug-likeness (QED) is 0.517. The average molecular weight is 459 g/mol. The molecule has 156 valence electrons. The third-order valence-electron chi connectivity index (χ3n) is 3.83. The number of nitrogens with zero attached hydrogens (tertiary/aromatic N) is 2. The second kappa shape index (κ2) is 8.25. The maximum atomic E-state index is 13.6. The normalized spacial score (nSPS) is 11.2. The van der Waals surface area contributed by atoms with E-state index in [1.807, 2.05) is 10.9 Å². The molecule has 0 atom stereocenters. The van der Waals surface area contributed by atoms with Crippen LogP contribution in [-0.2, 0) is 6.18 Å². The van der Waals surface area contributed by atoms with E-state index in [-0.39, 0.29) is 21.3 Å². The Morgan fingerprint density at radius 3 is 2.23 bits per heavy atom. The number of halogens is 5. The Hall–Kier alpha value is -3.24. The van der Waals surface area contributed by atoms with Crippen LogP contribution in [-0.4, -0.2) is 26.7 Å². The molecule has 0 aliphatic heterocycles. The van der Waals surface area contributed by atoms with Crippen LogP contribution < -0.4 is 10.9 Å². The van der Waals surface area contributed by atoms with Crippen molar-refractivity contribution in [3.05, 3.63) is 75.5 Å². The Bertz CT molecular complexity index is 1130. The monoisotopic (exact) mass is 458 g/mol. The van der Waals surface area contributed by atoms with Crippen LogP contribution in [0.4, 0.5) is 13.2 Å². The van der Waals surface area contributed by atoms with Crippen LogP contribution in [0.25, 0.3) is 5.69 Å². The van der Waals surface area contributed by atoms with Crippen molar-refractivity contribution in [3.8, 4) is 11.4 Å². The molecule has 2 amide bonds. The minimum Gasteiger partial charge on any atom is -0.507 e. The zero-order valence-corrected chi connectivity index (χ0v) is 16.2. The van der Waals surface area contributed by atoms with Crippen molar-refractivity contribution in [2.45, 2.75) is 6.18 Å². The van der Waals surface area contributed by atoms with E-state index in [0.29, 0.717) is 10.9 Å². The first-order valence-corrected chi connectivity index (χ1v) is 8.84. The van der Waals surface area contributed by atoms with Crippen molar-refractivity contribution in [1.82, 2.24) is 20.6 Å². The van der Waals surface area contributed by atoms with Crippen molar-refractivity contribution >= 4 is 35.0 Å². The molecule has 0 radical (unpaired) electrons. The van der Waals surface area contributed by atoms with Crippen molar-refractivity contribution < 1.29 is 27.9 Å². The molecular weight excluding hydrogens is 448 g/mol. The summed E-state index contributed by atoms with van der Waals surface area (Å²) in [5.41, 5.74) is 1.29. The van der Waals surface area contributed by atoms with E-state index in [1.54, 1.807) is 0 Å². The average Bonchev–Trinajstić information content (AvgIpc) is 3.13. The lowest BCUT2D eigenvalue weighted by atomic mass is 10.2. The molecule has 3 rings (SSSR count). The number of hydrazine groups is 1. The summed E-state index contributed by atoms with van der Waals surface area (Å²) < 4.78 is 41.4. The standard InChI is InChI=1S/C18H11Cl2F3N4O3/c19-9-2-1-3-11(6-9)27-15(18(21,22)23)13(8-24-27)17(30)26-25-16(29)12-7-10(20)4-5-14(12)28/h1-8,28H,(H,25,29)(H,26,30). The highest BCUT2D eigenvalue weighted by Crippen LogP contribution is 2.34. The van der Waals surface area contributed by atoms with Gasteiger partial charge in [0.15, 0.2) is 5.69 Å². The molecule has 0 spiro atoms. The van der Waals surface area contributed by atoms with Crippen LogP contribution in [0.2, 0.25) is 10.0 Å². The Labute approximate surface area is 177 Å². The molecule has 1 aromatic heterocycles. The molecular formula is C18H11Cl2F3N4O3. The second-order valence-corrected chi connectivity index (χ2v) is 6.74. The molecule has 0 saturated heterocycles. The van der Waals surface area contributed by atoms with Gasteiger partial charge in [0.25, 0.3) is 11.8 Å². The number of hydrogen-bond acceptors (Lipinski definition) is 4. The number of carbonyl (C=O) groups excluding carboxylic acids is 2. The van der Waals surface area contributed by atoms with Gasteiger partial charge in [-0.3, -0.25) is 20.4 Å². The van der Waals surface area contributed by atoms with Gasteiger partial charge in [0.2, 0.25) is 0 Å². The predicted molar refractivity (Wildman–Crippen MR) is 102 cm³/mol. The zero-order valence-electron chi connectivity index (χ0n) is 14.7. The van der Waals surface area contributed by atoms with Gasteiger partial charge in [0, 0.05) is 10.0 Å². The van der Waals surface area contributed by atoms with Crippen LogP contribution in [0.3, 0.4) is 0 Å². The number of hydrogen-bond donors (Lipinski definition) is 3. The maximum Gasteiger partial charge on any atom is 0.434 e. The lowest BCUT2D eigenvalue weighted by molar-refractivity contribution is -0.143. The summed E-state index contributed by atoms with van der Waals surface area (Å²) in [6, 6.07) is 9.07. The van der Waals surface area contributed by atoms with Gasteiger partial charge >= 0.3 is 6.18 Å². The zero-order chi connectivity index (χ0) is 22.1. The summed E-state index contributed by atoms with van der Waals surface area (Å²) in [4.78, 5) is 24.4. The van der Waals surface area contributed by atoms with Gasteiger partial charge in [-0.15, -0.1) is 0 Å². The Balaban J connectivity index is 1.87. The van der Waals surface area contributed by atoms with Gasteiger partial charge in [-0.2, -0.15) is 18.3 Å². The Morgan fingerprint density at radius 2 is 1.60 bits per heavy atom. The predicted octanol–water partition coefficient (Wildman–Crippen LogP) is 3.98. The molecule has 0 aliphatic rings. The lowest BCUT2D eigenvalue weighted by Crippen LogP contribution is -2.42. The summed E-state index contributed by atoms with van der Waals surface area (Å²) in [7, 11) is 0. The Morgan fingerprint density at radius 1 is 0.967 bits per heavy atom. The van der Waals surface area contributed by atoms with Crippen LogP contribution >= 0.6 is 23.2 Å². The van der Waals surface area contributed by atoms with Crippen LogP contribution in [0.5, 0.6) is 5.75 Å². The van der Waals surface area contributed by atoms with Crippen LogP contribution in [0.15, 0.2) is 48.7 Å². The number of phenolic OH excluding ortho intramolecular Hbond substituents is 1. The Kier molecular flexibility index (Phi) is 5.90. The molecule has 1 heterocycles. The first kappa shape index (κ1) is 21.5. The third-order valence-corrected chi connectivity index (χ3v) is 4.30. The highest BCUT2D eigenvalue weighted by Gasteiger charge is 2.40. The number of carbonyl (C=O) groups is 2. The molecule has 0 aliphatic carbocycles. The van der Waals surface area contributed by atoms with Gasteiger partial charge in [0.1, 0.15) is 5.75 Å². The van der Waals surface area contributed by atoms with Crippen molar-refractivity contribution in [2.75, 3.05) is 0 Å². The van der Waals surface area contributed by atoms with Crippen LogP contribution in [0, 0.1) is 0 Å². The van der Waals surface area contributed by atoms with Gasteiger partial charge in [-0.05, 0) is 36.4 Å². The summed E-state index contributed by atoms with van der Waals surface area (Å²) >= 11 is 11.6. The minimum absolute atomic E-state index is 0.0123. The van der Waals surface area contributed by atoms with Gasteiger partial charge in [-0.1, -0.05) is 29.3 Å². The number of amides is 2. The fourth-order valence-corrected chi connectivity index (χ4v) is 2.89. The fraction of sp³-hybridized carbons (Fsp3) is 0.0556. The van der Waals surface area contributed by atoms with E-state index in [0.717, 1.165) is 12.1 Å². The SMILES string of the molecule is O=C(NNC(=O)c1cnn(-c2cccc(Cl)c2)c1C(F)(F)F)c1cc(Cl)ccc1O. The number of aromatic hydroxyl groups is 1. The van der Waals surface area contributed by atoms with E-state index in [2.05, 4.69) is 5.10 Å². The number of nitrogens with one attached hydrogen (secondary N) is 2. The second-order valence-electron chi connectivity index (χ2n) is 5.87. The highest BCUT2D eigenvalue weighted by atomic mass is 35.5. The molecule has 2 aromatic carbocycles. The lowest BCUT2D eigenvalue weighted by Gasteiger charge is -2.13. The highest BCUT2D eigenvalue weighted by molar-refractivity contribution is 6.31. The van der Waals surface area contributed by atoms with Gasteiger partial charge < -0.3 is 5.11 Å².